The van der Waals surface area contributed by atoms with Gasteiger partial charge in [-0.2, -0.15) is 0 Å². The van der Waals surface area contributed by atoms with Crippen molar-refractivity contribution in [2.75, 3.05) is 6.61 Å². The molecular weight excluding hydrogens is 450 g/mol. The summed E-state index contributed by atoms with van der Waals surface area (Å²) in [7, 11) is 0. The Kier molecular flexibility index (Phi) is 6.72. The molecule has 2 aromatic rings. The Labute approximate surface area is 195 Å². The topological polar surface area (TPSA) is 84.1 Å². The minimum Gasteiger partial charge on any atom is -0.467 e. The number of halogens is 1. The summed E-state index contributed by atoms with van der Waals surface area (Å²) in [4.78, 5) is 32.1. The minimum atomic E-state index is -0.474. The van der Waals surface area contributed by atoms with Crippen molar-refractivity contribution < 1.29 is 18.7 Å². The van der Waals surface area contributed by atoms with Gasteiger partial charge in [-0.05, 0) is 49.1 Å². The van der Waals surface area contributed by atoms with Crippen LogP contribution in [0.4, 0.5) is 0 Å². The zero-order valence-electron chi connectivity index (χ0n) is 17.6. The Hall–Kier alpha value is -2.97. The predicted octanol–water partition coefficient (Wildman–Crippen LogP) is 4.78. The number of allylic oxidation sites excluding steroid dienone is 1. The first-order valence-corrected chi connectivity index (χ1v) is 11.4. The maximum absolute atomic E-state index is 12.9. The van der Waals surface area contributed by atoms with E-state index in [1.807, 2.05) is 22.4 Å². The van der Waals surface area contributed by atoms with Crippen molar-refractivity contribution in [1.82, 2.24) is 10.2 Å². The van der Waals surface area contributed by atoms with E-state index in [1.165, 1.54) is 11.8 Å². The van der Waals surface area contributed by atoms with Gasteiger partial charge >= 0.3 is 5.97 Å². The fourth-order valence-electron chi connectivity index (χ4n) is 3.63. The maximum Gasteiger partial charge on any atom is 0.338 e. The molecule has 4 rings (SSSR count). The lowest BCUT2D eigenvalue weighted by molar-refractivity contribution is -0.139. The molecule has 32 heavy (non-hydrogen) atoms. The van der Waals surface area contributed by atoms with Gasteiger partial charge in [0.1, 0.15) is 5.76 Å². The van der Waals surface area contributed by atoms with Crippen LogP contribution in [0.1, 0.15) is 37.6 Å². The first kappa shape index (κ1) is 22.2. The molecule has 1 amide bonds. The van der Waals surface area contributed by atoms with Crippen molar-refractivity contribution in [3.8, 4) is 0 Å². The summed E-state index contributed by atoms with van der Waals surface area (Å²) in [6, 6.07) is 10.4. The van der Waals surface area contributed by atoms with Crippen LogP contribution in [0.25, 0.3) is 0 Å². The van der Waals surface area contributed by atoms with E-state index < -0.39 is 12.0 Å². The van der Waals surface area contributed by atoms with Gasteiger partial charge in [-0.3, -0.25) is 4.79 Å². The zero-order valence-corrected chi connectivity index (χ0v) is 19.2. The van der Waals surface area contributed by atoms with Gasteiger partial charge in [-0.25, -0.2) is 9.79 Å². The molecule has 0 aliphatic carbocycles. The number of amides is 1. The van der Waals surface area contributed by atoms with Crippen LogP contribution in [0.3, 0.4) is 0 Å². The lowest BCUT2D eigenvalue weighted by atomic mass is 9.94. The summed E-state index contributed by atoms with van der Waals surface area (Å²) in [6.07, 6.45) is 1.70. The van der Waals surface area contributed by atoms with E-state index in [0.29, 0.717) is 33.8 Å². The van der Waals surface area contributed by atoms with Crippen LogP contribution in [-0.2, 0) is 20.9 Å². The van der Waals surface area contributed by atoms with Crippen molar-refractivity contribution in [3.63, 3.8) is 0 Å². The molecule has 1 atom stereocenters. The zero-order chi connectivity index (χ0) is 22.7. The first-order chi connectivity index (χ1) is 15.5. The summed E-state index contributed by atoms with van der Waals surface area (Å²) in [5.74, 6) is 0.0927. The monoisotopic (exact) mass is 471 g/mol. The van der Waals surface area contributed by atoms with Crippen molar-refractivity contribution in [2.45, 2.75) is 32.9 Å². The summed E-state index contributed by atoms with van der Waals surface area (Å²) in [6.45, 7) is 4.13. The molecule has 9 heteroatoms. The van der Waals surface area contributed by atoms with E-state index in [1.54, 1.807) is 44.4 Å². The van der Waals surface area contributed by atoms with Crippen molar-refractivity contribution >= 4 is 40.4 Å². The number of ether oxygens (including phenoxy) is 1. The number of aliphatic imine (C=N–C) groups is 1. The highest BCUT2D eigenvalue weighted by atomic mass is 35.5. The number of hydrogen-bond donors (Lipinski definition) is 1. The standard InChI is InChI=1S/C23H22ClN3O4S/c1-3-30-22(29)20-14(2)26-23-27(21(20)15-6-8-16(24)9-7-15)17(13-32-23)11-19(28)25-12-18-5-4-10-31-18/h4-10,13,21H,3,11-12H2,1-2H3,(H,25,28). The highest BCUT2D eigenvalue weighted by Crippen LogP contribution is 2.44. The highest BCUT2D eigenvalue weighted by molar-refractivity contribution is 8.16. The van der Waals surface area contributed by atoms with E-state index >= 15 is 0 Å². The van der Waals surface area contributed by atoms with E-state index in [4.69, 9.17) is 20.8 Å². The third-order valence-corrected chi connectivity index (χ3v) is 6.20. The lowest BCUT2D eigenvalue weighted by Gasteiger charge is -2.36. The molecule has 1 aromatic heterocycles. The van der Waals surface area contributed by atoms with E-state index in [-0.39, 0.29) is 18.9 Å². The largest absolute Gasteiger partial charge is 0.467 e. The number of amidine groups is 1. The van der Waals surface area contributed by atoms with E-state index in [0.717, 1.165) is 11.3 Å². The van der Waals surface area contributed by atoms with Gasteiger partial charge in [-0.15, -0.1) is 0 Å². The Bertz CT molecular complexity index is 1110. The molecule has 1 aromatic carbocycles. The molecular formula is C23H22ClN3O4S. The number of fused-ring (bicyclic) bond motifs is 1. The molecule has 1 N–H and O–H groups in total. The van der Waals surface area contributed by atoms with Gasteiger partial charge in [0.25, 0.3) is 0 Å². The number of furan rings is 1. The Morgan fingerprint density at radius 3 is 2.75 bits per heavy atom. The molecule has 7 nitrogen and oxygen atoms in total. The van der Waals surface area contributed by atoms with Gasteiger partial charge in [-0.1, -0.05) is 35.5 Å². The van der Waals surface area contributed by atoms with Crippen LogP contribution >= 0.6 is 23.4 Å². The molecule has 0 bridgehead atoms. The average Bonchev–Trinajstić information content (AvgIpc) is 3.42. The molecule has 1 unspecified atom stereocenters. The molecule has 0 saturated heterocycles. The van der Waals surface area contributed by atoms with Gasteiger partial charge in [0.15, 0.2) is 5.17 Å². The van der Waals surface area contributed by atoms with E-state index in [9.17, 15) is 9.59 Å². The number of esters is 1. The summed E-state index contributed by atoms with van der Waals surface area (Å²) in [5, 5.41) is 6.07. The Balaban J connectivity index is 1.62. The number of rotatable bonds is 7. The predicted molar refractivity (Wildman–Crippen MR) is 124 cm³/mol. The van der Waals surface area contributed by atoms with Crippen LogP contribution < -0.4 is 5.32 Å². The van der Waals surface area contributed by atoms with Crippen molar-refractivity contribution in [2.24, 2.45) is 4.99 Å². The van der Waals surface area contributed by atoms with Crippen LogP contribution in [-0.4, -0.2) is 28.6 Å². The second-order valence-corrected chi connectivity index (χ2v) is 8.47. The molecule has 2 aliphatic heterocycles. The number of nitrogens with zero attached hydrogens (tertiary/aromatic N) is 2. The van der Waals surface area contributed by atoms with Crippen LogP contribution in [0.5, 0.6) is 0 Å². The molecule has 2 aliphatic rings. The van der Waals surface area contributed by atoms with Gasteiger partial charge in [0.2, 0.25) is 5.91 Å². The third kappa shape index (κ3) is 4.61. The number of thioether (sulfide) groups is 1. The fourth-order valence-corrected chi connectivity index (χ4v) is 4.72. The van der Waals surface area contributed by atoms with Gasteiger partial charge < -0.3 is 19.4 Å². The normalized spacial score (nSPS) is 17.6. The van der Waals surface area contributed by atoms with Crippen molar-refractivity contribution in [1.29, 1.82) is 0 Å². The SMILES string of the molecule is CCOC(=O)C1=C(C)N=C2SC=C(CC(=O)NCc3ccco3)N2C1c1ccc(Cl)cc1. The third-order valence-electron chi connectivity index (χ3n) is 5.06. The first-order valence-electron chi connectivity index (χ1n) is 10.1. The molecule has 3 heterocycles. The van der Waals surface area contributed by atoms with Gasteiger partial charge in [0, 0.05) is 10.7 Å². The molecule has 166 valence electrons. The number of nitrogens with one attached hydrogen (secondary N) is 1. The summed E-state index contributed by atoms with van der Waals surface area (Å²) < 4.78 is 10.6. The molecule has 0 fully saturated rings. The van der Waals surface area contributed by atoms with Crippen molar-refractivity contribution in [3.05, 3.63) is 81.4 Å². The van der Waals surface area contributed by atoms with Crippen LogP contribution in [0.15, 0.2) is 74.4 Å². The van der Waals surface area contributed by atoms with E-state index in [2.05, 4.69) is 10.3 Å². The fraction of sp³-hybridized carbons (Fsp3) is 0.261. The lowest BCUT2D eigenvalue weighted by Crippen LogP contribution is -2.38. The summed E-state index contributed by atoms with van der Waals surface area (Å²) in [5.41, 5.74) is 2.65. The molecule has 0 saturated carbocycles. The number of benzene rings is 1. The second-order valence-electron chi connectivity index (χ2n) is 7.20. The van der Waals surface area contributed by atoms with Crippen LogP contribution in [0, 0.1) is 0 Å². The molecule has 0 radical (unpaired) electrons. The number of carbonyl (C=O) groups is 2. The maximum atomic E-state index is 12.9. The Morgan fingerprint density at radius 2 is 2.06 bits per heavy atom. The smallest absolute Gasteiger partial charge is 0.338 e. The highest BCUT2D eigenvalue weighted by Gasteiger charge is 2.41. The minimum absolute atomic E-state index is 0.131. The number of carbonyl (C=O) groups excluding carboxylic acids is 2. The second kappa shape index (κ2) is 9.67. The van der Waals surface area contributed by atoms with Gasteiger partial charge in [0.05, 0.1) is 43.1 Å². The summed E-state index contributed by atoms with van der Waals surface area (Å²) >= 11 is 7.52. The number of hydrogen-bond acceptors (Lipinski definition) is 7. The average molecular weight is 472 g/mol. The quantitative estimate of drug-likeness (QED) is 0.585. The molecule has 0 spiro atoms. The van der Waals surface area contributed by atoms with Crippen LogP contribution in [0.2, 0.25) is 5.02 Å². The Morgan fingerprint density at radius 1 is 1.28 bits per heavy atom.